The minimum Gasteiger partial charge on any atom is -0.330 e. The fourth-order valence-electron chi connectivity index (χ4n) is 1.55. The van der Waals surface area contributed by atoms with E-state index in [1.54, 1.807) is 0 Å². The summed E-state index contributed by atoms with van der Waals surface area (Å²) in [5.74, 6) is 0. The van der Waals surface area contributed by atoms with Crippen molar-refractivity contribution in [2.24, 2.45) is 5.73 Å². The van der Waals surface area contributed by atoms with Gasteiger partial charge in [-0.15, -0.1) is 0 Å². The van der Waals surface area contributed by atoms with E-state index in [0.29, 0.717) is 0 Å². The van der Waals surface area contributed by atoms with Crippen LogP contribution in [0.2, 0.25) is 17.1 Å². The van der Waals surface area contributed by atoms with E-state index in [2.05, 4.69) is 27.7 Å². The van der Waals surface area contributed by atoms with Crippen LogP contribution >= 0.6 is 0 Å². The molecule has 2 heteroatoms. The van der Waals surface area contributed by atoms with Crippen LogP contribution < -0.4 is 5.73 Å². The van der Waals surface area contributed by atoms with Gasteiger partial charge in [0.15, 0.2) is 0 Å². The molecule has 0 bridgehead atoms. The molecule has 0 saturated heterocycles. The first-order chi connectivity index (χ1) is 5.09. The summed E-state index contributed by atoms with van der Waals surface area (Å²) in [5.41, 5.74) is 7.31. The summed E-state index contributed by atoms with van der Waals surface area (Å²) in [5, 5.41) is 0. The molecule has 67 valence electrons. The number of rotatable bonds is 5. The van der Waals surface area contributed by atoms with Crippen LogP contribution in [0, 0.1) is 0 Å². The molecule has 0 rings (SSSR count). The van der Waals surface area contributed by atoms with Crippen LogP contribution in [-0.2, 0) is 0 Å². The molecule has 0 aliphatic heterocycles. The average molecular weight is 172 g/mol. The largest absolute Gasteiger partial charge is 0.330 e. The van der Waals surface area contributed by atoms with Crippen LogP contribution in [0.4, 0.5) is 0 Å². The molecule has 0 unspecified atom stereocenters. The van der Waals surface area contributed by atoms with E-state index >= 15 is 0 Å². The molecule has 0 aliphatic carbocycles. The minimum absolute atomic E-state index is 0.121. The van der Waals surface area contributed by atoms with Crippen molar-refractivity contribution in [3.05, 3.63) is 0 Å². The van der Waals surface area contributed by atoms with Crippen LogP contribution in [0.5, 0.6) is 0 Å². The predicted octanol–water partition coefficient (Wildman–Crippen LogP) is 2.65. The molecule has 11 heavy (non-hydrogen) atoms. The lowest BCUT2D eigenvalue weighted by atomic mass is 10.5. The van der Waals surface area contributed by atoms with Gasteiger partial charge in [-0.3, -0.25) is 0 Å². The van der Waals surface area contributed by atoms with Gasteiger partial charge in [0.2, 0.25) is 0 Å². The highest BCUT2D eigenvalue weighted by Crippen LogP contribution is 2.24. The number of hydrogen-bond acceptors (Lipinski definition) is 1. The Morgan fingerprint density at radius 2 is 1.55 bits per heavy atom. The molecule has 0 atom stereocenters. The molecule has 1 radical (unpaired) electrons. The Kier molecular flexibility index (Phi) is 5.87. The number of nitrogens with two attached hydrogens (primary N) is 1. The van der Waals surface area contributed by atoms with Gasteiger partial charge in [0.05, 0.1) is 8.80 Å². The Morgan fingerprint density at radius 1 is 1.09 bits per heavy atom. The van der Waals surface area contributed by atoms with Crippen LogP contribution in [-0.4, -0.2) is 15.3 Å². The molecule has 0 spiro atoms. The first kappa shape index (κ1) is 11.2. The van der Waals surface area contributed by atoms with E-state index in [4.69, 9.17) is 5.73 Å². The molecule has 0 aliphatic rings. The van der Waals surface area contributed by atoms with Crippen molar-refractivity contribution in [1.82, 2.24) is 0 Å². The van der Waals surface area contributed by atoms with E-state index in [-0.39, 0.29) is 8.80 Å². The van der Waals surface area contributed by atoms with Crippen LogP contribution in [0.25, 0.3) is 0 Å². The Hall–Kier alpha value is 0.177. The Labute approximate surface area is 73.0 Å². The van der Waals surface area contributed by atoms with Gasteiger partial charge >= 0.3 is 0 Å². The zero-order valence-corrected chi connectivity index (χ0v) is 9.35. The maximum atomic E-state index is 5.49. The van der Waals surface area contributed by atoms with Crippen molar-refractivity contribution in [3.63, 3.8) is 0 Å². The molecule has 1 nitrogen and oxygen atoms in total. The highest BCUT2D eigenvalue weighted by molar-refractivity contribution is 6.61. The summed E-state index contributed by atoms with van der Waals surface area (Å²) >= 11 is 0. The molecule has 0 aromatic heterocycles. The molecular formula is C9H22NSi. The smallest absolute Gasteiger partial charge is 0.0534 e. The van der Waals surface area contributed by atoms with Gasteiger partial charge in [-0.25, -0.2) is 0 Å². The fourth-order valence-corrected chi connectivity index (χ4v) is 4.65. The Bertz CT molecular complexity index is 83.6. The van der Waals surface area contributed by atoms with Crippen LogP contribution in [0.3, 0.4) is 0 Å². The maximum Gasteiger partial charge on any atom is 0.0534 e. The van der Waals surface area contributed by atoms with Gasteiger partial charge in [0.25, 0.3) is 0 Å². The first-order valence-electron chi connectivity index (χ1n) is 4.65. The highest BCUT2D eigenvalue weighted by Gasteiger charge is 2.18. The zero-order chi connectivity index (χ0) is 8.85. The summed E-state index contributed by atoms with van der Waals surface area (Å²) in [6, 6.07) is 1.40. The molecule has 0 heterocycles. The second kappa shape index (κ2) is 5.78. The predicted molar refractivity (Wildman–Crippen MR) is 54.4 cm³/mol. The quantitative estimate of drug-likeness (QED) is 0.634. The van der Waals surface area contributed by atoms with Gasteiger partial charge in [-0.05, 0) is 13.0 Å². The summed E-state index contributed by atoms with van der Waals surface area (Å²) in [4.78, 5) is 0. The van der Waals surface area contributed by atoms with Crippen molar-refractivity contribution < 1.29 is 0 Å². The third-order valence-electron chi connectivity index (χ3n) is 2.15. The van der Waals surface area contributed by atoms with E-state index in [1.165, 1.54) is 12.5 Å². The molecule has 0 fully saturated rings. The SMILES string of the molecule is CC(C)[Si](CCCN)C(C)C. The third kappa shape index (κ3) is 4.59. The van der Waals surface area contributed by atoms with Crippen molar-refractivity contribution in [1.29, 1.82) is 0 Å². The molecule has 0 aromatic rings. The average Bonchev–Trinajstić information content (AvgIpc) is 1.87. The molecule has 0 saturated carbocycles. The monoisotopic (exact) mass is 172 g/mol. The van der Waals surface area contributed by atoms with Gasteiger partial charge in [0.1, 0.15) is 0 Å². The van der Waals surface area contributed by atoms with E-state index in [1.807, 2.05) is 0 Å². The summed E-state index contributed by atoms with van der Waals surface area (Å²) in [7, 11) is -0.121. The van der Waals surface area contributed by atoms with Gasteiger partial charge in [-0.1, -0.05) is 44.8 Å². The third-order valence-corrected chi connectivity index (χ3v) is 6.05. The van der Waals surface area contributed by atoms with Crippen molar-refractivity contribution in [3.8, 4) is 0 Å². The maximum absolute atomic E-state index is 5.49. The molecule has 0 aromatic carbocycles. The molecular weight excluding hydrogens is 150 g/mol. The Morgan fingerprint density at radius 3 is 1.82 bits per heavy atom. The zero-order valence-electron chi connectivity index (χ0n) is 8.35. The minimum atomic E-state index is -0.121. The Balaban J connectivity index is 3.70. The van der Waals surface area contributed by atoms with Crippen LogP contribution in [0.15, 0.2) is 0 Å². The first-order valence-corrected chi connectivity index (χ1v) is 6.51. The summed E-state index contributed by atoms with van der Waals surface area (Å²) in [6.07, 6.45) is 1.23. The van der Waals surface area contributed by atoms with Crippen molar-refractivity contribution in [2.75, 3.05) is 6.54 Å². The van der Waals surface area contributed by atoms with E-state index in [0.717, 1.165) is 17.6 Å². The van der Waals surface area contributed by atoms with Crippen LogP contribution in [0.1, 0.15) is 34.1 Å². The molecule has 2 N–H and O–H groups in total. The standard InChI is InChI=1S/C9H22NSi/c1-8(2)11(9(3)4)7-5-6-10/h8-9H,5-7,10H2,1-4H3. The van der Waals surface area contributed by atoms with Gasteiger partial charge in [-0.2, -0.15) is 0 Å². The lowest BCUT2D eigenvalue weighted by Crippen LogP contribution is -2.21. The second-order valence-electron chi connectivity index (χ2n) is 3.78. The second-order valence-corrected chi connectivity index (χ2v) is 7.74. The fraction of sp³-hybridized carbons (Fsp3) is 1.00. The lowest BCUT2D eigenvalue weighted by molar-refractivity contribution is 0.857. The molecule has 0 amide bonds. The van der Waals surface area contributed by atoms with E-state index < -0.39 is 0 Å². The summed E-state index contributed by atoms with van der Waals surface area (Å²) < 4.78 is 0. The van der Waals surface area contributed by atoms with Crippen molar-refractivity contribution in [2.45, 2.75) is 51.2 Å². The topological polar surface area (TPSA) is 26.0 Å². The number of hydrogen-bond donors (Lipinski definition) is 1. The lowest BCUT2D eigenvalue weighted by Gasteiger charge is -2.22. The normalized spacial score (nSPS) is 12.0. The highest BCUT2D eigenvalue weighted by atomic mass is 28.3. The van der Waals surface area contributed by atoms with Gasteiger partial charge < -0.3 is 5.73 Å². The van der Waals surface area contributed by atoms with Crippen molar-refractivity contribution >= 4 is 8.80 Å². The summed E-state index contributed by atoms with van der Waals surface area (Å²) in [6.45, 7) is 10.3. The van der Waals surface area contributed by atoms with E-state index in [9.17, 15) is 0 Å². The van der Waals surface area contributed by atoms with Gasteiger partial charge in [0, 0.05) is 0 Å².